The van der Waals surface area contributed by atoms with Gasteiger partial charge in [-0.1, -0.05) is 0 Å². The number of halogens is 4. The van der Waals surface area contributed by atoms with Gasteiger partial charge in [0, 0.05) is 25.1 Å². The molecule has 1 N–H and O–H groups in total. The summed E-state index contributed by atoms with van der Waals surface area (Å²) in [6.45, 7) is 1.09. The van der Waals surface area contributed by atoms with Crippen molar-refractivity contribution in [3.63, 3.8) is 0 Å². The van der Waals surface area contributed by atoms with Gasteiger partial charge in [-0.05, 0) is 62.3 Å². The Morgan fingerprint density at radius 2 is 1.81 bits per heavy atom. The molecule has 37 heavy (non-hydrogen) atoms. The van der Waals surface area contributed by atoms with E-state index >= 15 is 0 Å². The number of carbonyl (C=O) groups is 1. The molecule has 4 heterocycles. The predicted octanol–water partition coefficient (Wildman–Crippen LogP) is 4.64. The van der Waals surface area contributed by atoms with Gasteiger partial charge < -0.3 is 10.2 Å². The van der Waals surface area contributed by atoms with E-state index in [1.807, 2.05) is 18.0 Å². The summed E-state index contributed by atoms with van der Waals surface area (Å²) in [5.74, 6) is 0.0494. The monoisotopic (exact) mass is 515 g/mol. The topological polar surface area (TPSA) is 80.3 Å². The number of benzene rings is 1. The van der Waals surface area contributed by atoms with Crippen LogP contribution in [0.25, 0.3) is 28.2 Å². The van der Waals surface area contributed by atoms with Gasteiger partial charge in [-0.15, -0.1) is 0 Å². The van der Waals surface area contributed by atoms with Crippen LogP contribution in [0.4, 0.5) is 23.4 Å². The molecule has 0 spiro atoms. The third-order valence-electron chi connectivity index (χ3n) is 6.68. The lowest BCUT2D eigenvalue weighted by atomic mass is 9.88. The number of aryl methyl sites for hydroxylation is 1. The fourth-order valence-electron chi connectivity index (χ4n) is 4.93. The molecule has 4 aromatic rings. The first kappa shape index (κ1) is 24.9. The number of carbonyl (C=O) groups excluding carboxylic acids is 1. The zero-order chi connectivity index (χ0) is 26.2. The number of nitrogens with one attached hydrogen (secondary N) is 1. The number of rotatable bonds is 7. The Morgan fingerprint density at radius 3 is 2.49 bits per heavy atom. The smallest absolute Gasteiger partial charge is 0.312 e. The molecule has 3 aromatic heterocycles. The lowest BCUT2D eigenvalue weighted by molar-refractivity contribution is -0.138. The number of fused-ring (bicyclic) bond motifs is 1. The van der Waals surface area contributed by atoms with Gasteiger partial charge in [0.1, 0.15) is 11.5 Å². The maximum absolute atomic E-state index is 13.7. The molecule has 5 rings (SSSR count). The average Bonchev–Trinajstić information content (AvgIpc) is 3.43. The summed E-state index contributed by atoms with van der Waals surface area (Å²) in [6, 6.07) is 9.66. The van der Waals surface area contributed by atoms with E-state index in [-0.39, 0.29) is 18.3 Å². The second-order valence-corrected chi connectivity index (χ2v) is 9.13. The Bertz CT molecular complexity index is 1400. The van der Waals surface area contributed by atoms with Crippen LogP contribution in [0.1, 0.15) is 30.9 Å². The number of likely N-dealkylation sites (tertiary alicyclic amines) is 1. The molecule has 1 amide bonds. The minimum Gasteiger partial charge on any atom is -0.312 e. The Balaban J connectivity index is 1.53. The number of piperidine rings is 1. The lowest BCUT2D eigenvalue weighted by Gasteiger charge is -2.32. The van der Waals surface area contributed by atoms with Crippen molar-refractivity contribution in [3.05, 3.63) is 54.1 Å². The van der Waals surface area contributed by atoms with E-state index in [4.69, 9.17) is 10.2 Å². The van der Waals surface area contributed by atoms with Gasteiger partial charge in [-0.3, -0.25) is 9.48 Å². The van der Waals surface area contributed by atoms with E-state index in [1.54, 1.807) is 33.6 Å². The molecule has 0 bridgehead atoms. The van der Waals surface area contributed by atoms with Gasteiger partial charge in [0.15, 0.2) is 11.5 Å². The summed E-state index contributed by atoms with van der Waals surface area (Å²) in [5, 5.41) is 12.0. The van der Waals surface area contributed by atoms with Crippen LogP contribution in [-0.4, -0.2) is 61.5 Å². The first-order valence-electron chi connectivity index (χ1n) is 11.9. The molecule has 1 aliphatic heterocycles. The second kappa shape index (κ2) is 9.92. The predicted molar refractivity (Wildman–Crippen MR) is 129 cm³/mol. The Hall–Kier alpha value is -3.80. The SMILES string of the molecule is Cn1nc(-c2ccc(F)cc2)c(-c2ccc3nc(NC=O)cn3n2)c1C1CCN(CCC(F)(F)F)CC1. The largest absolute Gasteiger partial charge is 0.390 e. The third-order valence-corrected chi connectivity index (χ3v) is 6.68. The summed E-state index contributed by atoms with van der Waals surface area (Å²) in [5.41, 5.74) is 4.22. The molecule has 0 unspecified atom stereocenters. The van der Waals surface area contributed by atoms with Gasteiger partial charge in [-0.2, -0.15) is 23.4 Å². The van der Waals surface area contributed by atoms with E-state index in [0.29, 0.717) is 55.2 Å². The van der Waals surface area contributed by atoms with Crippen molar-refractivity contribution in [2.75, 3.05) is 25.0 Å². The minimum absolute atomic E-state index is 0.00863. The molecule has 0 radical (unpaired) electrons. The van der Waals surface area contributed by atoms with Crippen LogP contribution in [0.5, 0.6) is 0 Å². The Labute approximate surface area is 209 Å². The van der Waals surface area contributed by atoms with Gasteiger partial charge in [0.2, 0.25) is 6.41 Å². The molecule has 0 atom stereocenters. The molecule has 0 aliphatic carbocycles. The zero-order valence-electron chi connectivity index (χ0n) is 20.0. The Morgan fingerprint density at radius 1 is 1.08 bits per heavy atom. The summed E-state index contributed by atoms with van der Waals surface area (Å²) in [7, 11) is 1.84. The third kappa shape index (κ3) is 5.33. The molecule has 0 saturated carbocycles. The van der Waals surface area contributed by atoms with Gasteiger partial charge >= 0.3 is 6.18 Å². The number of imidazole rings is 1. The van der Waals surface area contributed by atoms with Crippen molar-refractivity contribution in [1.29, 1.82) is 0 Å². The molecule has 1 saturated heterocycles. The first-order valence-corrected chi connectivity index (χ1v) is 11.9. The van der Waals surface area contributed by atoms with Crippen LogP contribution in [-0.2, 0) is 11.8 Å². The van der Waals surface area contributed by atoms with Crippen LogP contribution in [0.2, 0.25) is 0 Å². The number of hydrogen-bond acceptors (Lipinski definition) is 5. The van der Waals surface area contributed by atoms with E-state index in [9.17, 15) is 22.4 Å². The molecule has 12 heteroatoms. The van der Waals surface area contributed by atoms with E-state index < -0.39 is 12.6 Å². The number of nitrogens with zero attached hydrogens (tertiary/aromatic N) is 6. The second-order valence-electron chi connectivity index (χ2n) is 9.13. The molecule has 1 aliphatic rings. The van der Waals surface area contributed by atoms with E-state index in [1.165, 1.54) is 12.1 Å². The van der Waals surface area contributed by atoms with Crippen molar-refractivity contribution >= 4 is 17.9 Å². The fraction of sp³-hybridized carbons (Fsp3) is 0.360. The highest BCUT2D eigenvalue weighted by atomic mass is 19.4. The summed E-state index contributed by atoms with van der Waals surface area (Å²) in [6.07, 6.45) is -1.51. The minimum atomic E-state index is -4.17. The van der Waals surface area contributed by atoms with Crippen LogP contribution >= 0.6 is 0 Å². The van der Waals surface area contributed by atoms with Crippen molar-refractivity contribution < 1.29 is 22.4 Å². The molecule has 1 fully saturated rings. The molecular formula is C25H25F4N7O. The molecule has 8 nitrogen and oxygen atoms in total. The van der Waals surface area contributed by atoms with E-state index in [0.717, 1.165) is 16.8 Å². The standard InChI is InChI=1S/C25H25F4N7O/c1-34-24(17-8-11-35(12-9-17)13-10-25(27,28)29)22(23(33-34)16-2-4-18(26)5-3-16)19-6-7-21-31-20(30-15-37)14-36(21)32-19/h2-7,14-15,17H,8-13H2,1H3,(H,30,37). The molecular weight excluding hydrogens is 490 g/mol. The van der Waals surface area contributed by atoms with Crippen LogP contribution in [0.3, 0.4) is 0 Å². The van der Waals surface area contributed by atoms with E-state index in [2.05, 4.69) is 10.3 Å². The summed E-state index contributed by atoms with van der Waals surface area (Å²) >= 11 is 0. The Kier molecular flexibility index (Phi) is 6.67. The van der Waals surface area contributed by atoms with Gasteiger partial charge in [-0.25, -0.2) is 13.9 Å². The quantitative estimate of drug-likeness (QED) is 0.287. The highest BCUT2D eigenvalue weighted by Crippen LogP contribution is 2.40. The maximum atomic E-state index is 13.7. The van der Waals surface area contributed by atoms with Crippen molar-refractivity contribution in [3.8, 4) is 22.5 Å². The summed E-state index contributed by atoms with van der Waals surface area (Å²) < 4.78 is 55.1. The molecule has 1 aromatic carbocycles. The van der Waals surface area contributed by atoms with Crippen LogP contribution in [0.15, 0.2) is 42.6 Å². The first-order chi connectivity index (χ1) is 17.7. The fourth-order valence-corrected chi connectivity index (χ4v) is 4.93. The normalized spacial score (nSPS) is 15.4. The highest BCUT2D eigenvalue weighted by molar-refractivity contribution is 5.82. The average molecular weight is 516 g/mol. The van der Waals surface area contributed by atoms with Crippen molar-refractivity contribution in [2.45, 2.75) is 31.4 Å². The van der Waals surface area contributed by atoms with Crippen molar-refractivity contribution in [2.24, 2.45) is 7.05 Å². The number of amides is 1. The van der Waals surface area contributed by atoms with Crippen LogP contribution < -0.4 is 5.32 Å². The van der Waals surface area contributed by atoms with Crippen LogP contribution in [0, 0.1) is 5.82 Å². The number of alkyl halides is 3. The number of anilines is 1. The van der Waals surface area contributed by atoms with Gasteiger partial charge in [0.25, 0.3) is 0 Å². The van der Waals surface area contributed by atoms with Crippen molar-refractivity contribution in [1.82, 2.24) is 29.3 Å². The van der Waals surface area contributed by atoms with Gasteiger partial charge in [0.05, 0.1) is 29.6 Å². The zero-order valence-corrected chi connectivity index (χ0v) is 20.0. The highest BCUT2D eigenvalue weighted by Gasteiger charge is 2.32. The lowest BCUT2D eigenvalue weighted by Crippen LogP contribution is -2.36. The summed E-state index contributed by atoms with van der Waals surface area (Å²) in [4.78, 5) is 17.0. The molecule has 194 valence electrons. The number of hydrogen-bond donors (Lipinski definition) is 1. The maximum Gasteiger partial charge on any atom is 0.390 e. The number of aromatic nitrogens is 5.